The first-order valence-corrected chi connectivity index (χ1v) is 11.8. The Morgan fingerprint density at radius 3 is 2.42 bits per heavy atom. The summed E-state index contributed by atoms with van der Waals surface area (Å²) in [6, 6.07) is 22.2. The summed E-state index contributed by atoms with van der Waals surface area (Å²) < 4.78 is 1.77. The molecule has 0 unspecified atom stereocenters. The van der Waals surface area contributed by atoms with Crippen LogP contribution in [0.1, 0.15) is 53.9 Å². The first-order chi connectivity index (χ1) is 15.3. The topological polar surface area (TPSA) is 46.9 Å². The molecule has 0 bridgehead atoms. The summed E-state index contributed by atoms with van der Waals surface area (Å²) in [6.07, 6.45) is 8.35. The monoisotopic (exact) mass is 427 g/mol. The Bertz CT molecular complexity index is 1140. The van der Waals surface area contributed by atoms with Crippen molar-refractivity contribution < 1.29 is 4.79 Å². The van der Waals surface area contributed by atoms with Crippen molar-refractivity contribution in [2.75, 3.05) is 5.32 Å². The molecular formula is C26H25N3OS. The lowest BCUT2D eigenvalue weighted by molar-refractivity contribution is 0.102. The van der Waals surface area contributed by atoms with E-state index >= 15 is 0 Å². The van der Waals surface area contributed by atoms with E-state index in [1.165, 1.54) is 37.7 Å². The van der Waals surface area contributed by atoms with Crippen LogP contribution in [0.4, 0.5) is 5.69 Å². The Morgan fingerprint density at radius 2 is 1.71 bits per heavy atom. The van der Waals surface area contributed by atoms with Crippen LogP contribution >= 0.6 is 11.3 Å². The molecule has 0 aliphatic heterocycles. The lowest BCUT2D eigenvalue weighted by Gasteiger charge is -2.22. The van der Waals surface area contributed by atoms with Crippen LogP contribution in [0.3, 0.4) is 0 Å². The minimum absolute atomic E-state index is 0.143. The number of para-hydroxylation sites is 1. The average Bonchev–Trinajstić information content (AvgIpc) is 3.51. The quantitative estimate of drug-likeness (QED) is 0.376. The molecule has 0 saturated heterocycles. The van der Waals surface area contributed by atoms with E-state index in [9.17, 15) is 4.79 Å². The highest BCUT2D eigenvalue weighted by Crippen LogP contribution is 2.33. The Kier molecular flexibility index (Phi) is 5.67. The van der Waals surface area contributed by atoms with Crippen LogP contribution in [0.15, 0.2) is 78.3 Å². The van der Waals surface area contributed by atoms with Gasteiger partial charge in [0.1, 0.15) is 5.69 Å². The number of hydrogen-bond donors (Lipinski definition) is 1. The van der Waals surface area contributed by atoms with Crippen LogP contribution in [-0.2, 0) is 0 Å². The molecule has 4 nitrogen and oxygen atoms in total. The molecule has 1 saturated carbocycles. The number of aromatic nitrogens is 2. The molecule has 0 radical (unpaired) electrons. The van der Waals surface area contributed by atoms with Crippen LogP contribution in [0.25, 0.3) is 16.3 Å². The van der Waals surface area contributed by atoms with Gasteiger partial charge in [0.15, 0.2) is 0 Å². The molecule has 1 amide bonds. The molecule has 2 heterocycles. The normalized spacial score (nSPS) is 14.5. The van der Waals surface area contributed by atoms with E-state index in [2.05, 4.69) is 17.4 Å². The molecule has 0 atom stereocenters. The molecule has 156 valence electrons. The summed E-state index contributed by atoms with van der Waals surface area (Å²) in [7, 11) is 0. The van der Waals surface area contributed by atoms with Crippen molar-refractivity contribution in [1.82, 2.24) is 9.78 Å². The summed E-state index contributed by atoms with van der Waals surface area (Å²) >= 11 is 1.58. The Morgan fingerprint density at radius 1 is 0.935 bits per heavy atom. The minimum Gasteiger partial charge on any atom is -0.322 e. The van der Waals surface area contributed by atoms with Crippen molar-refractivity contribution >= 4 is 22.9 Å². The van der Waals surface area contributed by atoms with E-state index in [0.717, 1.165) is 16.3 Å². The van der Waals surface area contributed by atoms with Gasteiger partial charge in [-0.3, -0.25) is 4.79 Å². The molecule has 1 aliphatic carbocycles. The molecule has 1 aliphatic rings. The zero-order valence-electron chi connectivity index (χ0n) is 17.3. The predicted octanol–water partition coefficient (Wildman–Crippen LogP) is 6.90. The number of nitrogens with zero attached hydrogens (tertiary/aromatic N) is 2. The van der Waals surface area contributed by atoms with Crippen molar-refractivity contribution in [3.8, 4) is 16.3 Å². The molecular weight excluding hydrogens is 402 g/mol. The SMILES string of the molecule is O=C(Nc1ccc(C2CCCCC2)cc1)c1cn(-c2ccccc2)nc1-c1cccs1. The molecule has 1 fully saturated rings. The molecule has 2 aromatic heterocycles. The van der Waals surface area contributed by atoms with Gasteiger partial charge < -0.3 is 5.32 Å². The average molecular weight is 428 g/mol. The highest BCUT2D eigenvalue weighted by atomic mass is 32.1. The standard InChI is InChI=1S/C26H25N3OS/c30-26(27-21-15-13-20(14-16-21)19-8-3-1-4-9-19)23-18-29(22-10-5-2-6-11-22)28-25(23)24-12-7-17-31-24/h2,5-7,10-19H,1,3-4,8-9H2,(H,27,30). The third-order valence-corrected chi connectivity index (χ3v) is 6.86. The maximum atomic E-state index is 13.2. The van der Waals surface area contributed by atoms with Gasteiger partial charge in [0, 0.05) is 11.9 Å². The van der Waals surface area contributed by atoms with Gasteiger partial charge in [-0.15, -0.1) is 11.3 Å². The lowest BCUT2D eigenvalue weighted by Crippen LogP contribution is -2.12. The summed E-state index contributed by atoms with van der Waals surface area (Å²) in [5.74, 6) is 0.518. The van der Waals surface area contributed by atoms with Crippen LogP contribution in [0, 0.1) is 0 Å². The van der Waals surface area contributed by atoms with Crippen molar-refractivity contribution in [2.45, 2.75) is 38.0 Å². The number of nitrogens with one attached hydrogen (secondary N) is 1. The number of rotatable bonds is 5. The second kappa shape index (κ2) is 8.90. The van der Waals surface area contributed by atoms with E-state index in [-0.39, 0.29) is 5.91 Å². The number of thiophene rings is 1. The number of amides is 1. The third-order valence-electron chi connectivity index (χ3n) is 5.98. The summed E-state index contributed by atoms with van der Waals surface area (Å²) in [5.41, 5.74) is 4.40. The van der Waals surface area contributed by atoms with Gasteiger partial charge in [-0.2, -0.15) is 5.10 Å². The van der Waals surface area contributed by atoms with E-state index in [0.29, 0.717) is 17.2 Å². The zero-order valence-corrected chi connectivity index (χ0v) is 18.1. The second-order valence-electron chi connectivity index (χ2n) is 8.06. The fourth-order valence-electron chi connectivity index (χ4n) is 4.32. The first-order valence-electron chi connectivity index (χ1n) is 10.9. The smallest absolute Gasteiger partial charge is 0.259 e. The summed E-state index contributed by atoms with van der Waals surface area (Å²) in [6.45, 7) is 0. The van der Waals surface area contributed by atoms with Crippen molar-refractivity contribution in [3.63, 3.8) is 0 Å². The van der Waals surface area contributed by atoms with Crippen LogP contribution in [0.5, 0.6) is 0 Å². The van der Waals surface area contributed by atoms with E-state index < -0.39 is 0 Å². The van der Waals surface area contributed by atoms with Gasteiger partial charge in [-0.05, 0) is 60.0 Å². The maximum absolute atomic E-state index is 13.2. The minimum atomic E-state index is -0.143. The summed E-state index contributed by atoms with van der Waals surface area (Å²) in [5, 5.41) is 9.80. The van der Waals surface area contributed by atoms with Crippen molar-refractivity contribution in [1.29, 1.82) is 0 Å². The zero-order chi connectivity index (χ0) is 21.0. The second-order valence-corrected chi connectivity index (χ2v) is 9.01. The van der Waals surface area contributed by atoms with Gasteiger partial charge in [0.2, 0.25) is 0 Å². The molecule has 5 heteroatoms. The van der Waals surface area contributed by atoms with E-state index in [1.807, 2.05) is 66.2 Å². The lowest BCUT2D eigenvalue weighted by atomic mass is 9.84. The van der Waals surface area contributed by atoms with Crippen molar-refractivity contribution in [2.24, 2.45) is 0 Å². The molecule has 0 spiro atoms. The van der Waals surface area contributed by atoms with Gasteiger partial charge in [0.05, 0.1) is 16.1 Å². The predicted molar refractivity (Wildman–Crippen MR) is 127 cm³/mol. The maximum Gasteiger partial charge on any atom is 0.259 e. The molecule has 31 heavy (non-hydrogen) atoms. The number of carbonyl (C=O) groups excluding carboxylic acids is 1. The highest BCUT2D eigenvalue weighted by molar-refractivity contribution is 7.13. The summed E-state index contributed by atoms with van der Waals surface area (Å²) in [4.78, 5) is 14.2. The Balaban J connectivity index is 1.40. The fourth-order valence-corrected chi connectivity index (χ4v) is 5.04. The fraction of sp³-hybridized carbons (Fsp3) is 0.231. The Labute approximate surface area is 186 Å². The Hall–Kier alpha value is -3.18. The van der Waals surface area contributed by atoms with Gasteiger partial charge in [0.25, 0.3) is 5.91 Å². The van der Waals surface area contributed by atoms with E-state index in [1.54, 1.807) is 16.0 Å². The number of anilines is 1. The van der Waals surface area contributed by atoms with Crippen LogP contribution in [-0.4, -0.2) is 15.7 Å². The number of benzene rings is 2. The molecule has 2 aromatic carbocycles. The molecule has 1 N–H and O–H groups in total. The van der Waals surface area contributed by atoms with Crippen LogP contribution in [0.2, 0.25) is 0 Å². The van der Waals surface area contributed by atoms with Crippen LogP contribution < -0.4 is 5.32 Å². The first kappa shape index (κ1) is 19.8. The van der Waals surface area contributed by atoms with Crippen molar-refractivity contribution in [3.05, 3.63) is 89.4 Å². The van der Waals surface area contributed by atoms with Gasteiger partial charge in [-0.1, -0.05) is 55.7 Å². The molecule has 5 rings (SSSR count). The van der Waals surface area contributed by atoms with Gasteiger partial charge in [-0.25, -0.2) is 4.68 Å². The highest BCUT2D eigenvalue weighted by Gasteiger charge is 2.20. The number of hydrogen-bond acceptors (Lipinski definition) is 3. The van der Waals surface area contributed by atoms with E-state index in [4.69, 9.17) is 5.10 Å². The van der Waals surface area contributed by atoms with Gasteiger partial charge >= 0.3 is 0 Å². The third kappa shape index (κ3) is 4.32. The molecule has 4 aromatic rings. The largest absolute Gasteiger partial charge is 0.322 e. The number of carbonyl (C=O) groups is 1.